The van der Waals surface area contributed by atoms with Gasteiger partial charge in [-0.1, -0.05) is 72.5 Å². The van der Waals surface area contributed by atoms with Gasteiger partial charge in [0.25, 0.3) is 5.91 Å². The van der Waals surface area contributed by atoms with Crippen molar-refractivity contribution in [2.24, 2.45) is 0 Å². The van der Waals surface area contributed by atoms with Crippen LogP contribution in [-0.2, 0) is 14.3 Å². The second-order valence-electron chi connectivity index (χ2n) is 8.02. The topological polar surface area (TPSA) is 106 Å². The van der Waals surface area contributed by atoms with Crippen molar-refractivity contribution >= 4 is 40.2 Å². The zero-order chi connectivity index (χ0) is 26.5. The van der Waals surface area contributed by atoms with Gasteiger partial charge < -0.3 is 14.6 Å². The van der Waals surface area contributed by atoms with Crippen LogP contribution in [0.1, 0.15) is 32.5 Å². The zero-order valence-corrected chi connectivity index (χ0v) is 21.0. The fourth-order valence-electron chi connectivity index (χ4n) is 3.86. The summed E-state index contributed by atoms with van der Waals surface area (Å²) >= 11 is 0.945. The number of allylic oxidation sites excluding steroid dienone is 1. The number of hydrogen-bond acceptors (Lipinski definition) is 8. The van der Waals surface area contributed by atoms with E-state index in [0.717, 1.165) is 16.9 Å². The van der Waals surface area contributed by atoms with Gasteiger partial charge in [0.15, 0.2) is 16.7 Å². The van der Waals surface area contributed by atoms with Gasteiger partial charge in [-0.3, -0.25) is 14.5 Å². The third-order valence-electron chi connectivity index (χ3n) is 5.64. The van der Waals surface area contributed by atoms with Crippen LogP contribution in [0.4, 0.5) is 5.13 Å². The molecule has 0 radical (unpaired) electrons. The van der Waals surface area contributed by atoms with E-state index in [9.17, 15) is 19.5 Å². The summed E-state index contributed by atoms with van der Waals surface area (Å²) in [5.74, 6) is -2.02. The van der Waals surface area contributed by atoms with E-state index in [1.165, 1.54) is 24.2 Å². The number of aliphatic hydroxyl groups excluding tert-OH is 1. The molecule has 0 spiro atoms. The molecule has 8 nitrogen and oxygen atoms in total. The molecule has 1 aromatic heterocycles. The number of anilines is 1. The molecule has 1 N–H and O–H groups in total. The van der Waals surface area contributed by atoms with E-state index in [1.54, 1.807) is 37.3 Å². The maximum absolute atomic E-state index is 13.3. The van der Waals surface area contributed by atoms with Gasteiger partial charge in [0.2, 0.25) is 0 Å². The number of aliphatic hydroxyl groups is 1. The van der Waals surface area contributed by atoms with Crippen LogP contribution < -0.4 is 9.64 Å². The van der Waals surface area contributed by atoms with E-state index in [1.807, 2.05) is 30.3 Å². The number of ether oxygens (including phenoxy) is 2. The van der Waals surface area contributed by atoms with Crippen molar-refractivity contribution in [1.82, 2.24) is 4.98 Å². The van der Waals surface area contributed by atoms with Crippen LogP contribution in [0.3, 0.4) is 0 Å². The molecule has 9 heteroatoms. The van der Waals surface area contributed by atoms with Crippen molar-refractivity contribution in [1.29, 1.82) is 0 Å². The van der Waals surface area contributed by atoms with E-state index in [-0.39, 0.29) is 22.2 Å². The Balaban J connectivity index is 1.77. The number of hydrogen-bond donors (Lipinski definition) is 1. The predicted molar refractivity (Wildman–Crippen MR) is 141 cm³/mol. The van der Waals surface area contributed by atoms with Gasteiger partial charge in [-0.15, -0.1) is 0 Å². The minimum atomic E-state index is -0.978. The molecule has 0 aliphatic carbocycles. The minimum absolute atomic E-state index is 0.0252. The van der Waals surface area contributed by atoms with Crippen molar-refractivity contribution in [3.63, 3.8) is 0 Å². The average molecular weight is 517 g/mol. The van der Waals surface area contributed by atoms with Crippen molar-refractivity contribution in [2.45, 2.75) is 13.0 Å². The Kier molecular flexibility index (Phi) is 7.64. The first-order valence-corrected chi connectivity index (χ1v) is 12.1. The number of ketones is 1. The van der Waals surface area contributed by atoms with E-state index in [4.69, 9.17) is 9.47 Å². The summed E-state index contributed by atoms with van der Waals surface area (Å²) in [4.78, 5) is 45.0. The Bertz CT molecular complexity index is 1410. The Morgan fingerprint density at radius 2 is 1.86 bits per heavy atom. The standard InChI is InChI=1S/C28H24N2O6S/c1-4-16-36-27(34)25-17(2)29-28(37-25)30-23(19-11-13-20(35-3)14-12-19)22(24(32)26(30)33)21(31)15-10-18-8-6-5-7-9-18/h4-15,23,32H,1,16H2,2-3H3/b15-10+. The summed E-state index contributed by atoms with van der Waals surface area (Å²) < 4.78 is 10.4. The molecule has 1 amide bonds. The maximum Gasteiger partial charge on any atom is 0.350 e. The van der Waals surface area contributed by atoms with Crippen molar-refractivity contribution < 1.29 is 29.0 Å². The molecule has 2 heterocycles. The number of carbonyl (C=O) groups is 3. The van der Waals surface area contributed by atoms with E-state index in [0.29, 0.717) is 17.0 Å². The van der Waals surface area contributed by atoms with Gasteiger partial charge in [0, 0.05) is 0 Å². The van der Waals surface area contributed by atoms with Crippen molar-refractivity contribution in [2.75, 3.05) is 18.6 Å². The molecular weight excluding hydrogens is 492 g/mol. The molecule has 1 atom stereocenters. The van der Waals surface area contributed by atoms with Crippen molar-refractivity contribution in [3.8, 4) is 5.75 Å². The van der Waals surface area contributed by atoms with Gasteiger partial charge in [0.05, 0.1) is 24.4 Å². The van der Waals surface area contributed by atoms with Gasteiger partial charge in [-0.05, 0) is 36.3 Å². The lowest BCUT2D eigenvalue weighted by Crippen LogP contribution is -2.30. The molecule has 0 saturated carbocycles. The SMILES string of the molecule is C=CCOC(=O)c1sc(N2C(=O)C(O)=C(C(=O)/C=C/c3ccccc3)C2c2ccc(OC)cc2)nc1C. The van der Waals surface area contributed by atoms with Gasteiger partial charge in [0.1, 0.15) is 17.2 Å². The number of amides is 1. The quantitative estimate of drug-likeness (QED) is 0.243. The number of methoxy groups -OCH3 is 1. The summed E-state index contributed by atoms with van der Waals surface area (Å²) in [5.41, 5.74) is 1.61. The van der Waals surface area contributed by atoms with Gasteiger partial charge in [-0.2, -0.15) is 0 Å². The summed E-state index contributed by atoms with van der Waals surface area (Å²) in [6, 6.07) is 15.0. The van der Waals surface area contributed by atoms with Crippen LogP contribution in [0.2, 0.25) is 0 Å². The van der Waals surface area contributed by atoms with Gasteiger partial charge in [-0.25, -0.2) is 9.78 Å². The fourth-order valence-corrected chi connectivity index (χ4v) is 4.84. The molecule has 0 fully saturated rings. The van der Waals surface area contributed by atoms with Crippen LogP contribution in [0, 0.1) is 6.92 Å². The first-order chi connectivity index (χ1) is 17.8. The second kappa shape index (κ2) is 11.0. The van der Waals surface area contributed by atoms with Crippen LogP contribution in [0.15, 0.2) is 84.7 Å². The summed E-state index contributed by atoms with van der Waals surface area (Å²) in [7, 11) is 1.53. The molecule has 3 aromatic rings. The number of aromatic nitrogens is 1. The lowest BCUT2D eigenvalue weighted by molar-refractivity contribution is -0.117. The number of esters is 1. The van der Waals surface area contributed by atoms with Crippen LogP contribution in [0.5, 0.6) is 5.75 Å². The number of benzene rings is 2. The smallest absolute Gasteiger partial charge is 0.350 e. The van der Waals surface area contributed by atoms with E-state index < -0.39 is 29.5 Å². The molecule has 37 heavy (non-hydrogen) atoms. The lowest BCUT2D eigenvalue weighted by atomic mass is 9.95. The molecule has 2 aromatic carbocycles. The number of rotatable bonds is 9. The predicted octanol–water partition coefficient (Wildman–Crippen LogP) is 4.99. The highest BCUT2D eigenvalue weighted by atomic mass is 32.1. The summed E-state index contributed by atoms with van der Waals surface area (Å²) in [6.45, 7) is 5.17. The molecule has 1 aliphatic rings. The van der Waals surface area contributed by atoms with Crippen LogP contribution in [0.25, 0.3) is 6.08 Å². The fraction of sp³-hybridized carbons (Fsp3) is 0.143. The molecule has 4 rings (SSSR count). The van der Waals surface area contributed by atoms with Gasteiger partial charge >= 0.3 is 5.97 Å². The highest BCUT2D eigenvalue weighted by Crippen LogP contribution is 2.43. The molecule has 0 bridgehead atoms. The first kappa shape index (κ1) is 25.6. The highest BCUT2D eigenvalue weighted by Gasteiger charge is 2.45. The third kappa shape index (κ3) is 5.22. The molecule has 188 valence electrons. The molecule has 1 aliphatic heterocycles. The number of carbonyl (C=O) groups excluding carboxylic acids is 3. The normalized spacial score (nSPS) is 15.4. The highest BCUT2D eigenvalue weighted by molar-refractivity contribution is 7.17. The van der Waals surface area contributed by atoms with E-state index >= 15 is 0 Å². The van der Waals surface area contributed by atoms with E-state index in [2.05, 4.69) is 11.6 Å². The summed E-state index contributed by atoms with van der Waals surface area (Å²) in [6.07, 6.45) is 4.38. The molecule has 1 unspecified atom stereocenters. The Hall–Kier alpha value is -4.50. The zero-order valence-electron chi connectivity index (χ0n) is 20.2. The Morgan fingerprint density at radius 3 is 2.51 bits per heavy atom. The maximum atomic E-state index is 13.3. The molecular formula is C28H24N2O6S. The monoisotopic (exact) mass is 516 g/mol. The largest absolute Gasteiger partial charge is 0.503 e. The first-order valence-electron chi connectivity index (χ1n) is 11.3. The number of nitrogens with zero attached hydrogens (tertiary/aromatic N) is 2. The second-order valence-corrected chi connectivity index (χ2v) is 9.00. The summed E-state index contributed by atoms with van der Waals surface area (Å²) in [5, 5.41) is 11.0. The average Bonchev–Trinajstić information content (AvgIpc) is 3.43. The molecule has 0 saturated heterocycles. The Morgan fingerprint density at radius 1 is 1.16 bits per heavy atom. The van der Waals surface area contributed by atoms with Crippen LogP contribution >= 0.6 is 11.3 Å². The van der Waals surface area contributed by atoms with Crippen molar-refractivity contribution in [3.05, 3.63) is 106 Å². The number of aryl methyl sites for hydroxylation is 1. The van der Waals surface area contributed by atoms with Crippen LogP contribution in [-0.4, -0.2) is 41.5 Å². The Labute approximate surface area is 217 Å². The number of thiazole rings is 1. The minimum Gasteiger partial charge on any atom is -0.503 e. The third-order valence-corrected chi connectivity index (χ3v) is 6.78. The lowest BCUT2D eigenvalue weighted by Gasteiger charge is -2.24.